The molecule has 0 spiro atoms. The van der Waals surface area contributed by atoms with Gasteiger partial charge in [0.2, 0.25) is 0 Å². The predicted octanol–water partition coefficient (Wildman–Crippen LogP) is 2.25. The van der Waals surface area contributed by atoms with Crippen LogP contribution in [0.2, 0.25) is 0 Å². The number of hydrogen-bond donors (Lipinski definition) is 1. The highest BCUT2D eigenvalue weighted by Crippen LogP contribution is 2.28. The van der Waals surface area contributed by atoms with E-state index in [0.717, 1.165) is 25.2 Å². The number of aromatic nitrogens is 3. The third kappa shape index (κ3) is 1.75. The van der Waals surface area contributed by atoms with Crippen LogP contribution in [0.25, 0.3) is 11.4 Å². The van der Waals surface area contributed by atoms with E-state index in [0.29, 0.717) is 23.0 Å². The summed E-state index contributed by atoms with van der Waals surface area (Å²) in [6.07, 6.45) is 1.97. The van der Waals surface area contributed by atoms with Gasteiger partial charge in [-0.05, 0) is 30.5 Å². The van der Waals surface area contributed by atoms with Gasteiger partial charge in [0.25, 0.3) is 0 Å². The van der Waals surface area contributed by atoms with Crippen molar-refractivity contribution in [3.8, 4) is 11.4 Å². The molecule has 4 nitrogen and oxygen atoms in total. The van der Waals surface area contributed by atoms with Crippen LogP contribution in [0.4, 0.5) is 10.1 Å². The van der Waals surface area contributed by atoms with E-state index < -0.39 is 0 Å². The molecule has 0 aliphatic carbocycles. The summed E-state index contributed by atoms with van der Waals surface area (Å²) in [4.78, 5) is 0. The molecule has 2 aromatic rings. The summed E-state index contributed by atoms with van der Waals surface area (Å²) in [7, 11) is 0. The Morgan fingerprint density at radius 1 is 1.39 bits per heavy atom. The summed E-state index contributed by atoms with van der Waals surface area (Å²) in [5, 5.41) is 8.28. The molecule has 0 saturated carbocycles. The van der Waals surface area contributed by atoms with Crippen LogP contribution in [0.5, 0.6) is 0 Å². The Morgan fingerprint density at radius 3 is 3.06 bits per heavy atom. The minimum atomic E-state index is -0.307. The molecule has 1 aromatic heterocycles. The second-order valence-electron chi connectivity index (χ2n) is 4.93. The van der Waals surface area contributed by atoms with Crippen LogP contribution in [-0.4, -0.2) is 14.8 Å². The van der Waals surface area contributed by atoms with Crippen molar-refractivity contribution >= 4 is 5.69 Å². The first kappa shape index (κ1) is 11.2. The fourth-order valence-corrected chi connectivity index (χ4v) is 2.40. The van der Waals surface area contributed by atoms with E-state index in [1.807, 2.05) is 4.57 Å². The van der Waals surface area contributed by atoms with Gasteiger partial charge in [0.05, 0.1) is 5.56 Å². The maximum absolute atomic E-state index is 13.8. The second kappa shape index (κ2) is 4.08. The van der Waals surface area contributed by atoms with Crippen LogP contribution in [0, 0.1) is 11.7 Å². The molecule has 1 unspecified atom stereocenters. The van der Waals surface area contributed by atoms with E-state index >= 15 is 0 Å². The highest BCUT2D eigenvalue weighted by atomic mass is 19.1. The fraction of sp³-hybridized carbons (Fsp3) is 0.385. The summed E-state index contributed by atoms with van der Waals surface area (Å²) in [6.45, 7) is 3.03. The molecule has 0 bridgehead atoms. The zero-order chi connectivity index (χ0) is 12.7. The van der Waals surface area contributed by atoms with Crippen molar-refractivity contribution in [2.24, 2.45) is 5.92 Å². The summed E-state index contributed by atoms with van der Waals surface area (Å²) in [5.41, 5.74) is 6.68. The Labute approximate surface area is 105 Å². The zero-order valence-corrected chi connectivity index (χ0v) is 10.2. The Morgan fingerprint density at radius 2 is 2.22 bits per heavy atom. The summed E-state index contributed by atoms with van der Waals surface area (Å²) in [5.74, 6) is 1.82. The highest BCUT2D eigenvalue weighted by molar-refractivity contribution is 5.62. The average molecular weight is 246 g/mol. The largest absolute Gasteiger partial charge is 0.399 e. The molecule has 1 atom stereocenters. The lowest BCUT2D eigenvalue weighted by Crippen LogP contribution is -2.18. The lowest BCUT2D eigenvalue weighted by atomic mass is 10.00. The molecule has 0 saturated heterocycles. The van der Waals surface area contributed by atoms with Crippen molar-refractivity contribution in [2.75, 3.05) is 5.73 Å². The molecular weight excluding hydrogens is 231 g/mol. The van der Waals surface area contributed by atoms with E-state index in [9.17, 15) is 4.39 Å². The predicted molar refractivity (Wildman–Crippen MR) is 67.3 cm³/mol. The Bertz CT molecular complexity index is 591. The number of hydrogen-bond acceptors (Lipinski definition) is 3. The van der Waals surface area contributed by atoms with Gasteiger partial charge < -0.3 is 10.3 Å². The van der Waals surface area contributed by atoms with Crippen molar-refractivity contribution in [1.29, 1.82) is 0 Å². The van der Waals surface area contributed by atoms with Crippen molar-refractivity contribution < 1.29 is 4.39 Å². The molecule has 1 aromatic carbocycles. The first-order valence-corrected chi connectivity index (χ1v) is 6.12. The minimum absolute atomic E-state index is 0.307. The average Bonchev–Trinajstić information content (AvgIpc) is 2.75. The van der Waals surface area contributed by atoms with Gasteiger partial charge in [-0.15, -0.1) is 10.2 Å². The van der Waals surface area contributed by atoms with Crippen molar-refractivity contribution in [3.05, 3.63) is 29.8 Å². The van der Waals surface area contributed by atoms with E-state index in [1.165, 1.54) is 6.07 Å². The summed E-state index contributed by atoms with van der Waals surface area (Å²) in [6, 6.07) is 4.54. The highest BCUT2D eigenvalue weighted by Gasteiger charge is 2.22. The van der Waals surface area contributed by atoms with Gasteiger partial charge in [0, 0.05) is 18.7 Å². The van der Waals surface area contributed by atoms with E-state index in [4.69, 9.17) is 5.73 Å². The van der Waals surface area contributed by atoms with E-state index in [1.54, 1.807) is 12.1 Å². The van der Waals surface area contributed by atoms with Gasteiger partial charge in [0.1, 0.15) is 11.6 Å². The molecule has 1 aliphatic rings. The number of benzene rings is 1. The number of nitrogen functional groups attached to an aromatic ring is 1. The van der Waals surface area contributed by atoms with Crippen molar-refractivity contribution in [1.82, 2.24) is 14.8 Å². The van der Waals surface area contributed by atoms with Crippen LogP contribution in [0.3, 0.4) is 0 Å². The third-order valence-electron chi connectivity index (χ3n) is 3.44. The number of nitrogens with zero attached hydrogens (tertiary/aromatic N) is 3. The first-order chi connectivity index (χ1) is 8.65. The number of nitrogens with two attached hydrogens (primary N) is 1. The van der Waals surface area contributed by atoms with Crippen LogP contribution in [-0.2, 0) is 13.0 Å². The summed E-state index contributed by atoms with van der Waals surface area (Å²) >= 11 is 0. The van der Waals surface area contributed by atoms with Crippen molar-refractivity contribution in [3.63, 3.8) is 0 Å². The first-order valence-electron chi connectivity index (χ1n) is 6.12. The standard InChI is InChI=1S/C13H15FN4/c1-8-4-5-18-12(6-8)16-17-13(18)10-7-9(15)2-3-11(10)14/h2-3,7-8H,4-6,15H2,1H3. The number of fused-ring (bicyclic) bond motifs is 1. The van der Waals surface area contributed by atoms with Crippen molar-refractivity contribution in [2.45, 2.75) is 26.3 Å². The zero-order valence-electron chi connectivity index (χ0n) is 10.2. The molecule has 5 heteroatoms. The van der Waals surface area contributed by atoms with Crippen LogP contribution in [0.15, 0.2) is 18.2 Å². The molecule has 94 valence electrons. The third-order valence-corrected chi connectivity index (χ3v) is 3.44. The van der Waals surface area contributed by atoms with Gasteiger partial charge in [-0.3, -0.25) is 0 Å². The Balaban J connectivity index is 2.10. The maximum Gasteiger partial charge on any atom is 0.167 e. The fourth-order valence-electron chi connectivity index (χ4n) is 2.40. The molecule has 2 heterocycles. The topological polar surface area (TPSA) is 56.7 Å². The van der Waals surface area contributed by atoms with Gasteiger partial charge in [-0.2, -0.15) is 0 Å². The molecular formula is C13H15FN4. The Kier molecular flexibility index (Phi) is 2.54. The van der Waals surface area contributed by atoms with E-state index in [-0.39, 0.29) is 5.82 Å². The van der Waals surface area contributed by atoms with E-state index in [2.05, 4.69) is 17.1 Å². The smallest absolute Gasteiger partial charge is 0.167 e. The van der Waals surface area contributed by atoms with Gasteiger partial charge >= 0.3 is 0 Å². The maximum atomic E-state index is 13.8. The molecule has 2 N–H and O–H groups in total. The Hall–Kier alpha value is -1.91. The molecule has 0 amide bonds. The molecule has 0 fully saturated rings. The van der Waals surface area contributed by atoms with Crippen LogP contribution < -0.4 is 5.73 Å². The lowest BCUT2D eigenvalue weighted by Gasteiger charge is -2.20. The van der Waals surface area contributed by atoms with Gasteiger partial charge in [-0.1, -0.05) is 6.92 Å². The monoisotopic (exact) mass is 246 g/mol. The normalized spacial score (nSPS) is 18.7. The SMILES string of the molecule is CC1CCn2c(nnc2-c2cc(N)ccc2F)C1. The molecule has 3 rings (SSSR count). The van der Waals surface area contributed by atoms with Gasteiger partial charge in [-0.25, -0.2) is 4.39 Å². The quantitative estimate of drug-likeness (QED) is 0.785. The number of anilines is 1. The minimum Gasteiger partial charge on any atom is -0.399 e. The second-order valence-corrected chi connectivity index (χ2v) is 4.93. The number of halogens is 1. The number of rotatable bonds is 1. The lowest BCUT2D eigenvalue weighted by molar-refractivity contribution is 0.411. The van der Waals surface area contributed by atoms with Crippen LogP contribution in [0.1, 0.15) is 19.2 Å². The molecule has 1 aliphatic heterocycles. The molecule has 0 radical (unpaired) electrons. The van der Waals surface area contributed by atoms with Crippen LogP contribution >= 0.6 is 0 Å². The summed E-state index contributed by atoms with van der Waals surface area (Å²) < 4.78 is 15.8. The molecule has 18 heavy (non-hydrogen) atoms. The van der Waals surface area contributed by atoms with Gasteiger partial charge in [0.15, 0.2) is 5.82 Å².